The van der Waals surface area contributed by atoms with E-state index < -0.39 is 17.9 Å². The van der Waals surface area contributed by atoms with Crippen LogP contribution in [0, 0.1) is 41.6 Å². The fraction of sp³-hybridized carbons (Fsp3) is 0.789. The minimum Gasteiger partial charge on any atom is -0.299 e. The molecule has 0 spiro atoms. The molecule has 3 nitrogen and oxygen atoms in total. The van der Waals surface area contributed by atoms with Crippen molar-refractivity contribution in [2.24, 2.45) is 11.8 Å². The van der Waals surface area contributed by atoms with Crippen LogP contribution in [-0.2, 0) is 0 Å². The molecule has 24 heavy (non-hydrogen) atoms. The number of halogens is 2. The van der Waals surface area contributed by atoms with E-state index in [1.807, 2.05) is 25.1 Å². The highest BCUT2D eigenvalue weighted by Crippen LogP contribution is 2.38. The Hall–Kier alpha value is -1.64. The van der Waals surface area contributed by atoms with Crippen molar-refractivity contribution in [1.82, 2.24) is 4.90 Å². The summed E-state index contributed by atoms with van der Waals surface area (Å²) in [5.74, 6) is 4.28. The van der Waals surface area contributed by atoms with Crippen LogP contribution in [0.3, 0.4) is 0 Å². The van der Waals surface area contributed by atoms with Crippen LogP contribution in [0.1, 0.15) is 51.9 Å². The maximum absolute atomic E-state index is 13.1. The van der Waals surface area contributed by atoms with Gasteiger partial charge in [0.1, 0.15) is 0 Å². The number of rotatable bonds is 6. The summed E-state index contributed by atoms with van der Waals surface area (Å²) in [4.78, 5) is 5.47. The van der Waals surface area contributed by atoms with E-state index in [1.54, 1.807) is 0 Å². The zero-order valence-electron chi connectivity index (χ0n) is 14.9. The van der Waals surface area contributed by atoms with Crippen molar-refractivity contribution in [1.29, 1.82) is 5.26 Å². The summed E-state index contributed by atoms with van der Waals surface area (Å²) in [5.41, 5.74) is -1.30. The predicted molar refractivity (Wildman–Crippen MR) is 91.2 cm³/mol. The summed E-state index contributed by atoms with van der Waals surface area (Å²) in [6, 6.07) is 2.02. The largest absolute Gasteiger partial charge is 0.316 e. The van der Waals surface area contributed by atoms with Gasteiger partial charge < -0.3 is 0 Å². The normalized spacial score (nSPS) is 23.5. The quantitative estimate of drug-likeness (QED) is 0.533. The lowest BCUT2D eigenvalue weighted by Crippen LogP contribution is -2.30. The van der Waals surface area contributed by atoms with Crippen molar-refractivity contribution in [2.45, 2.75) is 63.3 Å². The van der Waals surface area contributed by atoms with Gasteiger partial charge in [-0.25, -0.2) is 15.4 Å². The molecule has 1 saturated carbocycles. The van der Waals surface area contributed by atoms with Gasteiger partial charge in [0.25, 0.3) is 0 Å². The van der Waals surface area contributed by atoms with E-state index in [9.17, 15) is 14.0 Å². The summed E-state index contributed by atoms with van der Waals surface area (Å²) in [7, 11) is 3.97. The van der Waals surface area contributed by atoms with Gasteiger partial charge in [-0.2, -0.15) is 5.26 Å². The number of hydrogen-bond donors (Lipinski definition) is 0. The average molecular weight is 335 g/mol. The Morgan fingerprint density at radius 2 is 1.83 bits per heavy atom. The summed E-state index contributed by atoms with van der Waals surface area (Å²) in [6.07, 6.45) is 3.71. The molecular weight excluding hydrogens is 308 g/mol. The third-order valence-corrected chi connectivity index (χ3v) is 4.57. The lowest BCUT2D eigenvalue weighted by Gasteiger charge is -2.28. The van der Waals surface area contributed by atoms with Gasteiger partial charge in [0.2, 0.25) is 5.92 Å². The standard InChI is InChI=1S/C19H27F2N3/c1-18(20,21)11-12-19(15-22,23-2)14-17-9-7-16(8-10-17)6-5-13-24(3)4/h16-17H,7-14H2,1,3-4H3. The van der Waals surface area contributed by atoms with Crippen molar-refractivity contribution >= 4 is 0 Å². The highest BCUT2D eigenvalue weighted by Gasteiger charge is 2.42. The van der Waals surface area contributed by atoms with Gasteiger partial charge in [0.05, 0.1) is 6.54 Å². The van der Waals surface area contributed by atoms with E-state index in [4.69, 9.17) is 6.57 Å². The molecule has 132 valence electrons. The Morgan fingerprint density at radius 3 is 2.29 bits per heavy atom. The average Bonchev–Trinajstić information content (AvgIpc) is 2.52. The number of nitrogens with zero attached hydrogens (tertiary/aromatic N) is 3. The second kappa shape index (κ2) is 9.00. The molecule has 0 heterocycles. The Kier molecular flexibility index (Phi) is 7.65. The molecule has 0 radical (unpaired) electrons. The summed E-state index contributed by atoms with van der Waals surface area (Å²) in [6.45, 7) is 8.93. The fourth-order valence-electron chi connectivity index (χ4n) is 3.09. The summed E-state index contributed by atoms with van der Waals surface area (Å²) in [5, 5.41) is 9.39. The fourth-order valence-corrected chi connectivity index (χ4v) is 3.09. The van der Waals surface area contributed by atoms with Crippen LogP contribution in [0.25, 0.3) is 4.85 Å². The van der Waals surface area contributed by atoms with Gasteiger partial charge in [0, 0.05) is 25.2 Å². The van der Waals surface area contributed by atoms with Crippen molar-refractivity contribution in [3.8, 4) is 17.9 Å². The zero-order chi connectivity index (χ0) is 18.2. The van der Waals surface area contributed by atoms with Crippen LogP contribution in [0.4, 0.5) is 8.78 Å². The summed E-state index contributed by atoms with van der Waals surface area (Å²) < 4.78 is 26.2. The highest BCUT2D eigenvalue weighted by molar-refractivity contribution is 5.16. The van der Waals surface area contributed by atoms with Crippen molar-refractivity contribution in [2.75, 3.05) is 20.6 Å². The van der Waals surface area contributed by atoms with Crippen molar-refractivity contribution in [3.05, 3.63) is 11.4 Å². The molecule has 0 aliphatic heterocycles. The number of nitriles is 1. The Labute approximate surface area is 144 Å². The molecular formula is C19H27F2N3. The predicted octanol–water partition coefficient (Wildman–Crippen LogP) is 4.36. The Balaban J connectivity index is 2.55. The maximum Gasteiger partial charge on any atom is 0.316 e. The van der Waals surface area contributed by atoms with Gasteiger partial charge in [-0.3, -0.25) is 9.74 Å². The summed E-state index contributed by atoms with van der Waals surface area (Å²) >= 11 is 0. The Morgan fingerprint density at radius 1 is 1.21 bits per heavy atom. The molecule has 0 bridgehead atoms. The zero-order valence-corrected chi connectivity index (χ0v) is 14.9. The molecule has 0 aromatic carbocycles. The van der Waals surface area contributed by atoms with Gasteiger partial charge in [-0.15, -0.1) is 0 Å². The second-order valence-electron chi connectivity index (χ2n) is 7.31. The van der Waals surface area contributed by atoms with Gasteiger partial charge in [-0.05, 0) is 52.6 Å². The lowest BCUT2D eigenvalue weighted by atomic mass is 9.75. The van der Waals surface area contributed by atoms with Crippen LogP contribution >= 0.6 is 0 Å². The molecule has 1 atom stereocenters. The molecule has 0 amide bonds. The smallest absolute Gasteiger partial charge is 0.299 e. The topological polar surface area (TPSA) is 31.4 Å². The van der Waals surface area contributed by atoms with E-state index >= 15 is 0 Å². The van der Waals surface area contributed by atoms with E-state index in [-0.39, 0.29) is 12.3 Å². The minimum absolute atomic E-state index is 0.0565. The van der Waals surface area contributed by atoms with Crippen molar-refractivity contribution in [3.63, 3.8) is 0 Å². The molecule has 0 N–H and O–H groups in total. The SMILES string of the molecule is [C-]#[N+]C(C#N)(CCC(C)(F)F)CC1CCC(C#CCN(C)C)CC1. The molecule has 1 rings (SSSR count). The molecule has 0 aromatic heterocycles. The molecule has 1 aliphatic carbocycles. The molecule has 1 unspecified atom stereocenters. The number of hydrogen-bond acceptors (Lipinski definition) is 2. The van der Waals surface area contributed by atoms with Gasteiger partial charge in [-0.1, -0.05) is 11.8 Å². The third kappa shape index (κ3) is 7.29. The highest BCUT2D eigenvalue weighted by atomic mass is 19.3. The van der Waals surface area contributed by atoms with Crippen LogP contribution < -0.4 is 0 Å². The molecule has 0 aromatic rings. The second-order valence-corrected chi connectivity index (χ2v) is 7.31. The molecule has 1 fully saturated rings. The van der Waals surface area contributed by atoms with Gasteiger partial charge in [0.15, 0.2) is 6.07 Å². The monoisotopic (exact) mass is 335 g/mol. The van der Waals surface area contributed by atoms with Crippen LogP contribution in [0.15, 0.2) is 0 Å². The van der Waals surface area contributed by atoms with Crippen LogP contribution in [0.2, 0.25) is 0 Å². The first-order valence-electron chi connectivity index (χ1n) is 8.50. The molecule has 0 saturated heterocycles. The number of alkyl halides is 2. The minimum atomic E-state index is -2.83. The first-order valence-corrected chi connectivity index (χ1v) is 8.50. The van der Waals surface area contributed by atoms with Crippen molar-refractivity contribution < 1.29 is 8.78 Å². The van der Waals surface area contributed by atoms with Crippen LogP contribution in [0.5, 0.6) is 0 Å². The van der Waals surface area contributed by atoms with E-state index in [1.165, 1.54) is 0 Å². The van der Waals surface area contributed by atoms with E-state index in [0.29, 0.717) is 12.3 Å². The molecule has 1 aliphatic rings. The maximum atomic E-state index is 13.1. The first-order chi connectivity index (χ1) is 11.2. The Bertz CT molecular complexity index is 518. The van der Waals surface area contributed by atoms with Crippen LogP contribution in [-0.4, -0.2) is 37.0 Å². The third-order valence-electron chi connectivity index (χ3n) is 4.57. The first kappa shape index (κ1) is 20.4. The lowest BCUT2D eigenvalue weighted by molar-refractivity contribution is 0.00737. The molecule has 5 heteroatoms. The van der Waals surface area contributed by atoms with E-state index in [2.05, 4.69) is 16.7 Å². The van der Waals surface area contributed by atoms with Gasteiger partial charge >= 0.3 is 5.54 Å². The van der Waals surface area contributed by atoms with E-state index in [0.717, 1.165) is 39.2 Å².